The summed E-state index contributed by atoms with van der Waals surface area (Å²) in [6, 6.07) is 16.2. The quantitative estimate of drug-likeness (QED) is 0.678. The summed E-state index contributed by atoms with van der Waals surface area (Å²) >= 11 is 0. The zero-order valence-corrected chi connectivity index (χ0v) is 18.9. The van der Waals surface area contributed by atoms with Crippen LogP contribution < -0.4 is 10.6 Å². The molecule has 2 aromatic rings. The largest absolute Gasteiger partial charge is 0.325 e. The fraction of sp³-hybridized carbons (Fsp3) is 0.400. The molecule has 0 spiro atoms. The van der Waals surface area contributed by atoms with Gasteiger partial charge in [0.25, 0.3) is 5.91 Å². The minimum atomic E-state index is -1.16. The second kappa shape index (κ2) is 8.53. The van der Waals surface area contributed by atoms with Crippen molar-refractivity contribution in [3.63, 3.8) is 0 Å². The number of nitrogens with one attached hydrogen (secondary N) is 2. The molecule has 1 aliphatic rings. The van der Waals surface area contributed by atoms with Crippen LogP contribution in [0.3, 0.4) is 0 Å². The number of hydrogen-bond donors (Lipinski definition) is 2. The van der Waals surface area contributed by atoms with E-state index in [0.29, 0.717) is 12.1 Å². The summed E-state index contributed by atoms with van der Waals surface area (Å²) in [6.45, 7) is 9.86. The average molecular weight is 422 g/mol. The molecular formula is C25H31N3O3. The van der Waals surface area contributed by atoms with Crippen molar-refractivity contribution in [3.8, 4) is 0 Å². The van der Waals surface area contributed by atoms with Gasteiger partial charge in [0.1, 0.15) is 12.1 Å². The molecule has 164 valence electrons. The van der Waals surface area contributed by atoms with Gasteiger partial charge in [-0.15, -0.1) is 0 Å². The van der Waals surface area contributed by atoms with E-state index in [4.69, 9.17) is 0 Å². The second-order valence-corrected chi connectivity index (χ2v) is 9.53. The Labute approximate surface area is 184 Å². The van der Waals surface area contributed by atoms with Gasteiger partial charge in [-0.2, -0.15) is 0 Å². The Morgan fingerprint density at radius 1 is 1.03 bits per heavy atom. The third-order valence-electron chi connectivity index (χ3n) is 5.47. The summed E-state index contributed by atoms with van der Waals surface area (Å²) in [5.41, 5.74) is 1.08. The van der Waals surface area contributed by atoms with Gasteiger partial charge in [-0.25, -0.2) is 4.79 Å². The first-order valence-corrected chi connectivity index (χ1v) is 10.6. The summed E-state index contributed by atoms with van der Waals surface area (Å²) in [4.78, 5) is 40.1. The van der Waals surface area contributed by atoms with E-state index < -0.39 is 23.4 Å². The Hall–Kier alpha value is -3.15. The van der Waals surface area contributed by atoms with Gasteiger partial charge in [0, 0.05) is 5.69 Å². The Morgan fingerprint density at radius 3 is 2.26 bits per heavy atom. The molecule has 0 radical (unpaired) electrons. The van der Waals surface area contributed by atoms with E-state index in [1.807, 2.05) is 68.4 Å². The molecule has 6 nitrogen and oxygen atoms in total. The van der Waals surface area contributed by atoms with Gasteiger partial charge in [-0.1, -0.05) is 83.1 Å². The lowest BCUT2D eigenvalue weighted by Gasteiger charge is -2.29. The van der Waals surface area contributed by atoms with Gasteiger partial charge < -0.3 is 10.6 Å². The Balaban J connectivity index is 1.84. The minimum Gasteiger partial charge on any atom is -0.324 e. The molecule has 1 aliphatic heterocycles. The number of amides is 4. The molecule has 1 saturated heterocycles. The predicted octanol–water partition coefficient (Wildman–Crippen LogP) is 4.42. The molecule has 31 heavy (non-hydrogen) atoms. The molecule has 6 heteroatoms. The first kappa shape index (κ1) is 22.5. The van der Waals surface area contributed by atoms with Crippen LogP contribution in [-0.2, 0) is 20.5 Å². The molecule has 0 bridgehead atoms. The highest BCUT2D eigenvalue weighted by Gasteiger charge is 2.52. The van der Waals surface area contributed by atoms with Crippen molar-refractivity contribution in [2.24, 2.45) is 5.92 Å². The SMILES string of the molecule is CC(C)CC1(c2ccccc2)NC(=O)N(CC(=O)Nc2ccccc2C(C)(C)C)C1=O. The van der Waals surface area contributed by atoms with Crippen LogP contribution in [0.25, 0.3) is 0 Å². The maximum atomic E-state index is 13.5. The van der Waals surface area contributed by atoms with E-state index in [9.17, 15) is 14.4 Å². The van der Waals surface area contributed by atoms with Gasteiger partial charge in [-0.3, -0.25) is 14.5 Å². The zero-order valence-electron chi connectivity index (χ0n) is 18.9. The van der Waals surface area contributed by atoms with Crippen molar-refractivity contribution >= 4 is 23.5 Å². The number of para-hydroxylation sites is 1. The molecule has 2 N–H and O–H groups in total. The lowest BCUT2D eigenvalue weighted by Crippen LogP contribution is -2.45. The minimum absolute atomic E-state index is 0.162. The Morgan fingerprint density at radius 2 is 1.65 bits per heavy atom. The smallest absolute Gasteiger partial charge is 0.324 e. The monoisotopic (exact) mass is 421 g/mol. The molecule has 1 fully saturated rings. The van der Waals surface area contributed by atoms with Crippen molar-refractivity contribution < 1.29 is 14.4 Å². The molecule has 0 saturated carbocycles. The van der Waals surface area contributed by atoms with Crippen LogP contribution >= 0.6 is 0 Å². The number of imide groups is 1. The summed E-state index contributed by atoms with van der Waals surface area (Å²) < 4.78 is 0. The van der Waals surface area contributed by atoms with Gasteiger partial charge in [-0.05, 0) is 34.9 Å². The van der Waals surface area contributed by atoms with E-state index in [-0.39, 0.29) is 17.9 Å². The van der Waals surface area contributed by atoms with Crippen LogP contribution in [0, 0.1) is 5.92 Å². The second-order valence-electron chi connectivity index (χ2n) is 9.53. The summed E-state index contributed by atoms with van der Waals surface area (Å²) in [5.74, 6) is -0.637. The fourth-order valence-corrected chi connectivity index (χ4v) is 4.14. The highest BCUT2D eigenvalue weighted by atomic mass is 16.2. The number of hydrogen-bond acceptors (Lipinski definition) is 3. The number of carbonyl (C=O) groups excluding carboxylic acids is 3. The zero-order chi connectivity index (χ0) is 22.8. The van der Waals surface area contributed by atoms with Gasteiger partial charge in [0.2, 0.25) is 5.91 Å². The van der Waals surface area contributed by atoms with Crippen molar-refractivity contribution in [2.75, 3.05) is 11.9 Å². The Kier molecular flexibility index (Phi) is 6.20. The van der Waals surface area contributed by atoms with Crippen LogP contribution in [-0.4, -0.2) is 29.3 Å². The first-order chi connectivity index (χ1) is 14.5. The number of carbonyl (C=O) groups is 3. The first-order valence-electron chi connectivity index (χ1n) is 10.6. The van der Waals surface area contributed by atoms with Crippen molar-refractivity contribution in [1.82, 2.24) is 10.2 Å². The van der Waals surface area contributed by atoms with Crippen LogP contribution in [0.15, 0.2) is 54.6 Å². The summed E-state index contributed by atoms with van der Waals surface area (Å²) in [6.07, 6.45) is 0.451. The third kappa shape index (κ3) is 4.63. The van der Waals surface area contributed by atoms with Gasteiger partial charge >= 0.3 is 6.03 Å². The van der Waals surface area contributed by atoms with E-state index in [2.05, 4.69) is 31.4 Å². The molecule has 2 aromatic carbocycles. The molecule has 1 heterocycles. The number of nitrogens with zero attached hydrogens (tertiary/aromatic N) is 1. The predicted molar refractivity (Wildman–Crippen MR) is 122 cm³/mol. The highest BCUT2D eigenvalue weighted by molar-refractivity contribution is 6.10. The number of benzene rings is 2. The van der Waals surface area contributed by atoms with Crippen LogP contribution in [0.2, 0.25) is 0 Å². The molecule has 3 rings (SSSR count). The van der Waals surface area contributed by atoms with E-state index in [1.165, 1.54) is 0 Å². The Bertz CT molecular complexity index is 979. The maximum Gasteiger partial charge on any atom is 0.325 e. The molecule has 1 atom stereocenters. The summed E-state index contributed by atoms with van der Waals surface area (Å²) in [5, 5.41) is 5.76. The van der Waals surface area contributed by atoms with Crippen LogP contribution in [0.1, 0.15) is 52.2 Å². The van der Waals surface area contributed by atoms with Crippen molar-refractivity contribution in [2.45, 2.75) is 52.0 Å². The van der Waals surface area contributed by atoms with E-state index in [0.717, 1.165) is 16.0 Å². The normalized spacial score (nSPS) is 19.0. The number of urea groups is 1. The highest BCUT2D eigenvalue weighted by Crippen LogP contribution is 2.35. The lowest BCUT2D eigenvalue weighted by atomic mass is 9.82. The topological polar surface area (TPSA) is 78.5 Å². The van der Waals surface area contributed by atoms with Gasteiger partial charge in [0.05, 0.1) is 0 Å². The maximum absolute atomic E-state index is 13.5. The molecule has 0 aromatic heterocycles. The fourth-order valence-electron chi connectivity index (χ4n) is 4.14. The van der Waals surface area contributed by atoms with Gasteiger partial charge in [0.15, 0.2) is 0 Å². The third-order valence-corrected chi connectivity index (χ3v) is 5.47. The lowest BCUT2D eigenvalue weighted by molar-refractivity contribution is -0.134. The van der Waals surface area contributed by atoms with Crippen molar-refractivity contribution in [1.29, 1.82) is 0 Å². The van der Waals surface area contributed by atoms with Crippen molar-refractivity contribution in [3.05, 3.63) is 65.7 Å². The molecular weight excluding hydrogens is 390 g/mol. The van der Waals surface area contributed by atoms with Crippen LogP contribution in [0.4, 0.5) is 10.5 Å². The molecule has 0 aliphatic carbocycles. The van der Waals surface area contributed by atoms with Crippen LogP contribution in [0.5, 0.6) is 0 Å². The average Bonchev–Trinajstić information content (AvgIpc) is 2.92. The summed E-state index contributed by atoms with van der Waals surface area (Å²) in [7, 11) is 0. The molecule has 4 amide bonds. The number of anilines is 1. The number of rotatable bonds is 6. The molecule has 1 unspecified atom stereocenters. The standard InChI is InChI=1S/C25H31N3O3/c1-17(2)15-25(18-11-7-6-8-12-18)22(30)28(23(31)27-25)16-21(29)26-20-14-10-9-13-19(20)24(3,4)5/h6-14,17H,15-16H2,1-5H3,(H,26,29)(H,27,31). The van der Waals surface area contributed by atoms with E-state index in [1.54, 1.807) is 0 Å². The van der Waals surface area contributed by atoms with E-state index >= 15 is 0 Å².